The van der Waals surface area contributed by atoms with E-state index in [0.717, 1.165) is 36.6 Å². The van der Waals surface area contributed by atoms with Crippen molar-refractivity contribution in [2.75, 3.05) is 0 Å². The second kappa shape index (κ2) is 6.44. The van der Waals surface area contributed by atoms with E-state index >= 15 is 0 Å². The van der Waals surface area contributed by atoms with Crippen LogP contribution in [0.1, 0.15) is 48.0 Å². The maximum Gasteiger partial charge on any atom is 0.336 e. The Balaban J connectivity index is 1.83. The van der Waals surface area contributed by atoms with Crippen LogP contribution in [0.5, 0.6) is 0 Å². The number of nitrogens with one attached hydrogen (secondary N) is 2. The van der Waals surface area contributed by atoms with Crippen LogP contribution in [0.15, 0.2) is 37.9 Å². The maximum atomic E-state index is 12.7. The Labute approximate surface area is 149 Å². The lowest BCUT2D eigenvalue weighted by molar-refractivity contribution is 0.0923. The fourth-order valence-corrected chi connectivity index (χ4v) is 3.67. The molecule has 0 bridgehead atoms. The summed E-state index contributed by atoms with van der Waals surface area (Å²) < 4.78 is 10.9. The minimum Gasteiger partial charge on any atom is -0.438 e. The molecule has 4 rings (SSSR count). The number of fused-ring (bicyclic) bond motifs is 3. The zero-order valence-electron chi connectivity index (χ0n) is 14.6. The lowest BCUT2D eigenvalue weighted by Crippen LogP contribution is -2.38. The number of rotatable bonds is 2. The quantitative estimate of drug-likeness (QED) is 0.546. The van der Waals surface area contributed by atoms with Crippen molar-refractivity contribution in [2.24, 2.45) is 0 Å². The zero-order valence-corrected chi connectivity index (χ0v) is 14.6. The number of aryl methyl sites for hydroxylation is 1. The van der Waals surface area contributed by atoms with E-state index in [9.17, 15) is 9.59 Å². The van der Waals surface area contributed by atoms with E-state index < -0.39 is 5.63 Å². The third kappa shape index (κ3) is 2.92. The van der Waals surface area contributed by atoms with Crippen molar-refractivity contribution in [3.8, 4) is 0 Å². The van der Waals surface area contributed by atoms with E-state index in [1.54, 1.807) is 18.2 Å². The van der Waals surface area contributed by atoms with Crippen LogP contribution in [-0.4, -0.2) is 11.9 Å². The van der Waals surface area contributed by atoms with Gasteiger partial charge in [0.25, 0.3) is 5.91 Å². The highest BCUT2D eigenvalue weighted by Gasteiger charge is 2.19. The SMILES string of the molecule is Cc1cc(=O)oc2c1ccc1oc(=N)c(C(=O)NC3CCCCC3)cc12. The summed E-state index contributed by atoms with van der Waals surface area (Å²) in [4.78, 5) is 24.4. The largest absolute Gasteiger partial charge is 0.438 e. The number of hydrogen-bond acceptors (Lipinski definition) is 5. The van der Waals surface area contributed by atoms with Crippen LogP contribution >= 0.6 is 0 Å². The van der Waals surface area contributed by atoms with Crippen molar-refractivity contribution >= 4 is 27.8 Å². The molecule has 6 nitrogen and oxygen atoms in total. The van der Waals surface area contributed by atoms with Crippen molar-refractivity contribution in [2.45, 2.75) is 45.1 Å². The second-order valence-electron chi connectivity index (χ2n) is 6.90. The average molecular weight is 352 g/mol. The first-order valence-corrected chi connectivity index (χ1v) is 8.90. The summed E-state index contributed by atoms with van der Waals surface area (Å²) in [6, 6.07) is 6.68. The normalized spacial score (nSPS) is 15.4. The summed E-state index contributed by atoms with van der Waals surface area (Å²) >= 11 is 0. The third-order valence-corrected chi connectivity index (χ3v) is 5.05. The first kappa shape index (κ1) is 16.6. The molecule has 134 valence electrons. The van der Waals surface area contributed by atoms with Crippen LogP contribution < -0.4 is 16.5 Å². The molecule has 0 spiro atoms. The Hall–Kier alpha value is -2.89. The van der Waals surface area contributed by atoms with Gasteiger partial charge in [-0.05, 0) is 43.5 Å². The Morgan fingerprint density at radius 3 is 2.65 bits per heavy atom. The summed E-state index contributed by atoms with van der Waals surface area (Å²) in [5, 5.41) is 12.4. The van der Waals surface area contributed by atoms with Gasteiger partial charge in [-0.3, -0.25) is 10.2 Å². The van der Waals surface area contributed by atoms with E-state index in [2.05, 4.69) is 5.32 Å². The molecule has 1 fully saturated rings. The Morgan fingerprint density at radius 2 is 1.88 bits per heavy atom. The van der Waals surface area contributed by atoms with Gasteiger partial charge in [-0.1, -0.05) is 19.3 Å². The van der Waals surface area contributed by atoms with Crippen LogP contribution in [0.4, 0.5) is 0 Å². The molecule has 2 N–H and O–H groups in total. The zero-order chi connectivity index (χ0) is 18.3. The number of amides is 1. The van der Waals surface area contributed by atoms with Gasteiger partial charge in [-0.25, -0.2) is 4.79 Å². The van der Waals surface area contributed by atoms with E-state index in [1.807, 2.05) is 6.92 Å². The van der Waals surface area contributed by atoms with Crippen LogP contribution in [0.3, 0.4) is 0 Å². The molecule has 0 saturated heterocycles. The topological polar surface area (TPSA) is 96.3 Å². The Bertz CT molecular complexity index is 1120. The molecule has 1 aliphatic rings. The van der Waals surface area contributed by atoms with Crippen molar-refractivity contribution in [3.63, 3.8) is 0 Å². The first-order chi connectivity index (χ1) is 12.5. The molecule has 0 radical (unpaired) electrons. The predicted octanol–water partition coefficient (Wildman–Crippen LogP) is 3.39. The summed E-state index contributed by atoms with van der Waals surface area (Å²) in [7, 11) is 0. The molecule has 6 heteroatoms. The van der Waals surface area contributed by atoms with E-state index in [4.69, 9.17) is 14.2 Å². The van der Waals surface area contributed by atoms with Crippen LogP contribution in [0.25, 0.3) is 21.9 Å². The number of hydrogen-bond donors (Lipinski definition) is 2. The third-order valence-electron chi connectivity index (χ3n) is 5.05. The van der Waals surface area contributed by atoms with Gasteiger partial charge in [-0.2, -0.15) is 0 Å². The van der Waals surface area contributed by atoms with E-state index in [0.29, 0.717) is 16.6 Å². The highest BCUT2D eigenvalue weighted by Crippen LogP contribution is 2.26. The standard InChI is InChI=1S/C20H20N2O4/c1-11-9-17(23)26-18-13(11)7-8-16-14(18)10-15(19(21)25-16)20(24)22-12-5-3-2-4-6-12/h7-10,12,21H,2-6H2,1H3,(H,22,24). The van der Waals surface area contributed by atoms with Gasteiger partial charge in [0.05, 0.1) is 5.39 Å². The highest BCUT2D eigenvalue weighted by molar-refractivity contribution is 6.05. The summed E-state index contributed by atoms with van der Waals surface area (Å²) in [5.74, 6) is -0.320. The minimum absolute atomic E-state index is 0.138. The first-order valence-electron chi connectivity index (χ1n) is 8.90. The van der Waals surface area contributed by atoms with Crippen molar-refractivity contribution in [1.29, 1.82) is 5.41 Å². The maximum absolute atomic E-state index is 12.7. The highest BCUT2D eigenvalue weighted by atomic mass is 16.4. The monoisotopic (exact) mass is 352 g/mol. The summed E-state index contributed by atoms with van der Waals surface area (Å²) in [6.45, 7) is 1.83. The van der Waals surface area contributed by atoms with Crippen LogP contribution in [-0.2, 0) is 0 Å². The number of carbonyl (C=O) groups excluding carboxylic acids is 1. The summed E-state index contributed by atoms with van der Waals surface area (Å²) in [5.41, 5.74) is 1.08. The molecule has 1 aromatic carbocycles. The minimum atomic E-state index is -0.453. The molecule has 1 aliphatic carbocycles. The number of benzene rings is 1. The van der Waals surface area contributed by atoms with Gasteiger partial charge in [0.15, 0.2) is 0 Å². The van der Waals surface area contributed by atoms with Gasteiger partial charge in [0, 0.05) is 17.5 Å². The van der Waals surface area contributed by atoms with Gasteiger partial charge in [0.1, 0.15) is 16.7 Å². The molecule has 0 atom stereocenters. The lowest BCUT2D eigenvalue weighted by atomic mass is 9.95. The predicted molar refractivity (Wildman–Crippen MR) is 97.2 cm³/mol. The number of carbonyl (C=O) groups is 1. The fraction of sp³-hybridized carbons (Fsp3) is 0.350. The fourth-order valence-electron chi connectivity index (χ4n) is 3.67. The smallest absolute Gasteiger partial charge is 0.336 e. The molecular weight excluding hydrogens is 332 g/mol. The van der Waals surface area contributed by atoms with Gasteiger partial charge in [0.2, 0.25) is 5.55 Å². The molecule has 26 heavy (non-hydrogen) atoms. The summed E-state index contributed by atoms with van der Waals surface area (Å²) in [6.07, 6.45) is 5.33. The van der Waals surface area contributed by atoms with Crippen LogP contribution in [0, 0.1) is 12.3 Å². The molecule has 2 heterocycles. The van der Waals surface area contributed by atoms with Gasteiger partial charge in [-0.15, -0.1) is 0 Å². The van der Waals surface area contributed by atoms with E-state index in [1.165, 1.54) is 12.5 Å². The lowest BCUT2D eigenvalue weighted by Gasteiger charge is -2.22. The average Bonchev–Trinajstić information content (AvgIpc) is 2.61. The molecular formula is C20H20N2O4. The van der Waals surface area contributed by atoms with Crippen molar-refractivity contribution in [3.05, 3.63) is 51.4 Å². The van der Waals surface area contributed by atoms with Gasteiger partial charge >= 0.3 is 5.63 Å². The van der Waals surface area contributed by atoms with Gasteiger partial charge < -0.3 is 14.2 Å². The molecule has 0 aliphatic heterocycles. The van der Waals surface area contributed by atoms with Crippen molar-refractivity contribution in [1.82, 2.24) is 5.32 Å². The molecule has 1 amide bonds. The van der Waals surface area contributed by atoms with Crippen molar-refractivity contribution < 1.29 is 13.6 Å². The molecule has 1 saturated carbocycles. The molecule has 0 unspecified atom stereocenters. The molecule has 3 aromatic rings. The Kier molecular flexibility index (Phi) is 4.11. The van der Waals surface area contributed by atoms with Crippen LogP contribution in [0.2, 0.25) is 0 Å². The van der Waals surface area contributed by atoms with E-state index in [-0.39, 0.29) is 23.1 Å². The Morgan fingerprint density at radius 1 is 1.12 bits per heavy atom. The molecule has 2 aromatic heterocycles. The second-order valence-corrected chi connectivity index (χ2v) is 6.90.